The number of rotatable bonds is 5. The minimum atomic E-state index is -0.0431. The Kier molecular flexibility index (Phi) is 9.53. The minimum absolute atomic E-state index is 0. The third kappa shape index (κ3) is 6.62. The van der Waals surface area contributed by atoms with Crippen molar-refractivity contribution in [2.24, 2.45) is 0 Å². The van der Waals surface area contributed by atoms with E-state index in [1.54, 1.807) is 0 Å². The van der Waals surface area contributed by atoms with E-state index >= 15 is 0 Å². The van der Waals surface area contributed by atoms with E-state index in [0.717, 1.165) is 44.7 Å². The largest absolute Gasteiger partial charge is 0.509 e. The van der Waals surface area contributed by atoms with Crippen molar-refractivity contribution in [2.75, 3.05) is 9.80 Å². The second kappa shape index (κ2) is 14.4. The van der Waals surface area contributed by atoms with Gasteiger partial charge in [-0.1, -0.05) is 95.6 Å². The average Bonchev–Trinajstić information content (AvgIpc) is 3.87. The van der Waals surface area contributed by atoms with Crippen LogP contribution in [0.2, 0.25) is 0 Å². The first-order valence-corrected chi connectivity index (χ1v) is 20.8. The zero-order chi connectivity index (χ0) is 40.1. The molecule has 0 saturated heterocycles. The first-order chi connectivity index (χ1) is 27.8. The number of fused-ring (bicyclic) bond motifs is 8. The Morgan fingerprint density at radius 1 is 0.627 bits per heavy atom. The first-order valence-electron chi connectivity index (χ1n) is 20.0. The number of nitrogens with zero attached hydrogens (tertiary/aromatic N) is 4. The van der Waals surface area contributed by atoms with Crippen molar-refractivity contribution in [3.8, 4) is 17.3 Å². The molecule has 7 heteroatoms. The molecule has 0 amide bonds. The van der Waals surface area contributed by atoms with Gasteiger partial charge in [-0.15, -0.1) is 59.4 Å². The summed E-state index contributed by atoms with van der Waals surface area (Å²) in [6, 6.07) is 48.3. The predicted octanol–water partition coefficient (Wildman–Crippen LogP) is 14.6. The maximum atomic E-state index is 6.68. The molecule has 0 unspecified atom stereocenters. The summed E-state index contributed by atoms with van der Waals surface area (Å²) in [4.78, 5) is 9.51. The van der Waals surface area contributed by atoms with Gasteiger partial charge in [0.15, 0.2) is 0 Å². The summed E-state index contributed by atoms with van der Waals surface area (Å²) in [6.07, 6.45) is 1.93. The zero-order valence-corrected chi connectivity index (χ0v) is 37.6. The van der Waals surface area contributed by atoms with Gasteiger partial charge in [-0.05, 0) is 88.7 Å². The molecule has 0 N–H and O–H groups in total. The van der Waals surface area contributed by atoms with E-state index in [9.17, 15) is 0 Å². The monoisotopic (exact) mass is 968 g/mol. The third-order valence-electron chi connectivity index (χ3n) is 11.5. The van der Waals surface area contributed by atoms with Gasteiger partial charge in [-0.3, -0.25) is 0 Å². The van der Waals surface area contributed by atoms with Crippen molar-refractivity contribution in [1.29, 1.82) is 0 Å². The molecule has 0 bridgehead atoms. The number of aromatic nitrogens is 2. The molecule has 5 nitrogen and oxygen atoms in total. The molecule has 3 aromatic heterocycles. The molecule has 0 fully saturated rings. The number of benzene rings is 6. The summed E-state index contributed by atoms with van der Waals surface area (Å²) < 4.78 is 11.5. The van der Waals surface area contributed by atoms with E-state index in [1.165, 1.54) is 48.1 Å². The number of para-hydroxylation sites is 2. The molecule has 1 aliphatic rings. The van der Waals surface area contributed by atoms with Crippen molar-refractivity contribution < 1.29 is 25.8 Å². The molecular weight excluding hydrogens is 924 g/mol. The van der Waals surface area contributed by atoms with Crippen LogP contribution in [-0.4, -0.2) is 9.55 Å². The molecule has 0 saturated carbocycles. The third-order valence-corrected chi connectivity index (χ3v) is 12.6. The Balaban J connectivity index is 0.00000449. The second-order valence-corrected chi connectivity index (χ2v) is 18.6. The summed E-state index contributed by atoms with van der Waals surface area (Å²) >= 11 is 1.83. The van der Waals surface area contributed by atoms with Crippen LogP contribution in [0.25, 0.3) is 47.8 Å². The number of hydrogen-bond acceptors (Lipinski definition) is 5. The van der Waals surface area contributed by atoms with Gasteiger partial charge < -0.3 is 19.1 Å². The smallest absolute Gasteiger partial charge is 0.135 e. The maximum Gasteiger partial charge on any atom is 0.135 e. The Bertz CT molecular complexity index is 3070. The number of aryl methyl sites for hydroxylation is 2. The van der Waals surface area contributed by atoms with Crippen molar-refractivity contribution in [2.45, 2.75) is 66.2 Å². The van der Waals surface area contributed by atoms with Crippen LogP contribution in [0, 0.1) is 32.6 Å². The maximum absolute atomic E-state index is 6.68. The van der Waals surface area contributed by atoms with Crippen LogP contribution in [0.3, 0.4) is 0 Å². The normalized spacial score (nSPS) is 13.2. The molecular formula is C52H45N4OPtS-3. The molecule has 10 rings (SSSR count). The molecule has 1 aliphatic heterocycles. The first kappa shape index (κ1) is 39.1. The number of pyridine rings is 1. The molecule has 0 aliphatic carbocycles. The number of hydrogen-bond donors (Lipinski definition) is 0. The number of ether oxygens (including phenoxy) is 1. The summed E-state index contributed by atoms with van der Waals surface area (Å²) in [7, 11) is 0. The number of anilines is 4. The Morgan fingerprint density at radius 3 is 2.05 bits per heavy atom. The predicted molar refractivity (Wildman–Crippen MR) is 244 cm³/mol. The van der Waals surface area contributed by atoms with Gasteiger partial charge in [-0.2, -0.15) is 12.1 Å². The van der Waals surface area contributed by atoms with Crippen molar-refractivity contribution in [3.63, 3.8) is 0 Å². The summed E-state index contributed by atoms with van der Waals surface area (Å²) in [6.45, 7) is 20.2. The summed E-state index contributed by atoms with van der Waals surface area (Å²) in [5.74, 6) is 2.09. The van der Waals surface area contributed by atoms with Gasteiger partial charge in [0.1, 0.15) is 5.82 Å². The van der Waals surface area contributed by atoms with Crippen LogP contribution in [-0.2, 0) is 31.9 Å². The quantitative estimate of drug-likeness (QED) is 0.161. The Hall–Kier alpha value is -5.42. The topological polar surface area (TPSA) is 33.5 Å². The van der Waals surface area contributed by atoms with Crippen LogP contribution < -0.4 is 14.5 Å². The van der Waals surface area contributed by atoms with E-state index < -0.39 is 0 Å². The molecule has 59 heavy (non-hydrogen) atoms. The zero-order valence-electron chi connectivity index (χ0n) is 34.5. The minimum Gasteiger partial charge on any atom is -0.509 e. The fourth-order valence-electron chi connectivity index (χ4n) is 8.52. The van der Waals surface area contributed by atoms with Crippen molar-refractivity contribution in [3.05, 3.63) is 163 Å². The van der Waals surface area contributed by atoms with Crippen molar-refractivity contribution >= 4 is 76.1 Å². The molecule has 9 aromatic rings. The molecule has 0 spiro atoms. The van der Waals surface area contributed by atoms with E-state index in [1.807, 2.05) is 35.7 Å². The van der Waals surface area contributed by atoms with Gasteiger partial charge >= 0.3 is 0 Å². The summed E-state index contributed by atoms with van der Waals surface area (Å²) in [5.41, 5.74) is 11.4. The Morgan fingerprint density at radius 2 is 1.31 bits per heavy atom. The van der Waals surface area contributed by atoms with E-state index in [0.29, 0.717) is 11.5 Å². The van der Waals surface area contributed by atoms with Gasteiger partial charge in [-0.25, -0.2) is 4.98 Å². The molecule has 6 aromatic carbocycles. The molecule has 298 valence electrons. The van der Waals surface area contributed by atoms with Gasteiger partial charge in [0.05, 0.1) is 5.52 Å². The van der Waals surface area contributed by atoms with Crippen LogP contribution in [0.15, 0.2) is 121 Å². The van der Waals surface area contributed by atoms with Crippen LogP contribution in [0.4, 0.5) is 22.7 Å². The fourth-order valence-corrected chi connectivity index (χ4v) is 9.63. The molecule has 0 atom stereocenters. The standard InChI is InChI=1S/C52H45N4OS.Pt/c1-32-26-35(52(6,7)8)27-33(2)49(32)55-31-54(42-17-10-11-18-43(42)55)36-14-13-15-37(29-36)57-38-20-21-39-40-22-23-46-48(41-16-9-12-19-45(41)58-46)50(40)56(44(39)30-38)47-28-34(24-25-53-47)51(3,4)5;/h9-28,31H,1-8H3;/q-3;. The van der Waals surface area contributed by atoms with E-state index in [4.69, 9.17) is 9.72 Å². The molecule has 4 heterocycles. The second-order valence-electron chi connectivity index (χ2n) is 17.6. The van der Waals surface area contributed by atoms with Gasteiger partial charge in [0, 0.05) is 76.0 Å². The van der Waals surface area contributed by atoms with Crippen LogP contribution >= 0.6 is 11.3 Å². The van der Waals surface area contributed by atoms with Crippen molar-refractivity contribution in [1.82, 2.24) is 9.55 Å². The molecule has 0 radical (unpaired) electrons. The SMILES string of the molecule is Cc1cc(C(C)(C)C)cc(C)c1N1[CH-]N(c2[c-]c(Oc3[c-]c4c(cc3)c3ccc5sc6ccccc6c5c3n4-c3cc(C(C)(C)C)ccn3)ccc2)c2ccccc21.[Pt]. The average molecular weight is 969 g/mol. The van der Waals surface area contributed by atoms with Crippen LogP contribution in [0.1, 0.15) is 63.8 Å². The van der Waals surface area contributed by atoms with Gasteiger partial charge in [0.25, 0.3) is 0 Å². The fraction of sp³-hybridized carbons (Fsp3) is 0.192. The van der Waals surface area contributed by atoms with E-state index in [-0.39, 0.29) is 31.9 Å². The van der Waals surface area contributed by atoms with Crippen LogP contribution in [0.5, 0.6) is 11.5 Å². The van der Waals surface area contributed by atoms with E-state index in [2.05, 4.69) is 186 Å². The van der Waals surface area contributed by atoms with Gasteiger partial charge in [0.2, 0.25) is 0 Å². The Labute approximate surface area is 365 Å². The summed E-state index contributed by atoms with van der Waals surface area (Å²) in [5, 5.41) is 4.75. The number of thiophene rings is 1.